The van der Waals surface area contributed by atoms with E-state index in [-0.39, 0.29) is 142 Å². The average Bonchev–Trinajstić information content (AvgIpc) is 0.879. The molecular weight excluding hydrogens is 1670 g/mol. The Balaban J connectivity index is 0.000000712. The van der Waals surface area contributed by atoms with Crippen LogP contribution in [-0.2, 0) is 119 Å². The lowest BCUT2D eigenvalue weighted by atomic mass is 10.1. The molecule has 0 aromatic heterocycles. The summed E-state index contributed by atoms with van der Waals surface area (Å²) in [6, 6.07) is 15.3. The standard InChI is InChI=1S/C42H70N6O13S.C28H52N4O8.C14H20N2O6S/c1-40(2,3)59-36(51)27-46-20-18-45(19-21-47(28-37(52)60-41(4,5)6)23-25-48(24-22-46)29-38(53)61-42(7,8)9)26-35(50)44-33(31-62(55,56)57)34(49)16-13-17-43-39(54)58-30-32-14-11-10-12-15-32;1-26(2,3)38-23(35)19-30-12-10-29(18-22(33)34)11-13-31(20-24(36)39-27(4,5)6)15-17-32(16-14-30)21-25(37)40-28(7,8)9;15-12(10-23(19,20)21)13(17)7-4-8-16-14(18)22-9-11-5-2-1-3-6-11/h10-12,14-15,33H,13,16-31H2,1-9H3,(H,43,54)(H,44,50)(H,55,56,57);10-21H2,1-9H3,(H,33,34);1-3,5-6,12H,4,7-10,15H2,(H,16,18)(H,19,20,21)/t33-;;12-/m0.0/s1. The van der Waals surface area contributed by atoms with Gasteiger partial charge in [0.05, 0.1) is 64.2 Å². The molecule has 125 heavy (non-hydrogen) atoms. The van der Waals surface area contributed by atoms with Gasteiger partial charge in [0.25, 0.3) is 20.2 Å². The second-order valence-electron chi connectivity index (χ2n) is 36.5. The summed E-state index contributed by atoms with van der Waals surface area (Å²) >= 11 is 0. The van der Waals surface area contributed by atoms with E-state index in [1.807, 2.05) is 86.6 Å². The lowest BCUT2D eigenvalue weighted by Gasteiger charge is -2.34. The van der Waals surface area contributed by atoms with Gasteiger partial charge in [-0.3, -0.25) is 96.3 Å². The van der Waals surface area contributed by atoms with Gasteiger partial charge in [0.15, 0.2) is 11.6 Å². The molecule has 2 aliphatic heterocycles. The van der Waals surface area contributed by atoms with E-state index in [0.29, 0.717) is 85.0 Å². The number of nitrogens with two attached hydrogens (primary N) is 1. The Bertz CT molecular complexity index is 3850. The van der Waals surface area contributed by atoms with Crippen molar-refractivity contribution in [3.05, 3.63) is 71.8 Å². The number of nitrogens with one attached hydrogen (secondary N) is 3. The zero-order valence-electron chi connectivity index (χ0n) is 76.6. The van der Waals surface area contributed by atoms with Crippen LogP contribution in [0.1, 0.15) is 161 Å². The van der Waals surface area contributed by atoms with Crippen molar-refractivity contribution in [2.24, 2.45) is 5.73 Å². The molecule has 0 unspecified atom stereocenters. The third kappa shape index (κ3) is 61.6. The lowest BCUT2D eigenvalue weighted by molar-refractivity contribution is -0.158. The molecule has 2 aliphatic rings. The maximum atomic E-state index is 13.6. The van der Waals surface area contributed by atoms with Gasteiger partial charge in [0, 0.05) is 131 Å². The monoisotopic (exact) mass is 1810 g/mol. The van der Waals surface area contributed by atoms with E-state index in [1.54, 1.807) is 138 Å². The number of rotatable bonds is 35. The minimum Gasteiger partial charge on any atom is -0.480 e. The van der Waals surface area contributed by atoms with Crippen LogP contribution in [0.3, 0.4) is 0 Å². The zero-order valence-corrected chi connectivity index (χ0v) is 78.2. The number of esters is 6. The minimum absolute atomic E-state index is 0.00431. The van der Waals surface area contributed by atoms with E-state index < -0.39 is 131 Å². The fourth-order valence-electron chi connectivity index (χ4n) is 12.0. The fraction of sp³-hybridized carbons (Fsp3) is 0.714. The van der Waals surface area contributed by atoms with Crippen LogP contribution in [0.15, 0.2) is 60.7 Å². The van der Waals surface area contributed by atoms with Gasteiger partial charge in [-0.1, -0.05) is 60.7 Å². The molecule has 3 amide bonds. The number of Topliss-reactive ketones (excluding diaryl/α,β-unsaturated/α-hetero) is 2. The summed E-state index contributed by atoms with van der Waals surface area (Å²) in [5.74, 6) is -7.16. The van der Waals surface area contributed by atoms with E-state index in [2.05, 4.69) is 16.0 Å². The van der Waals surface area contributed by atoms with E-state index in [1.165, 1.54) is 0 Å². The first-order valence-corrected chi connectivity index (χ1v) is 45.1. The van der Waals surface area contributed by atoms with E-state index >= 15 is 0 Å². The number of nitrogens with zero attached hydrogens (tertiary/aromatic N) is 8. The van der Waals surface area contributed by atoms with Crippen LogP contribution >= 0.6 is 0 Å². The highest BCUT2D eigenvalue weighted by Gasteiger charge is 2.32. The van der Waals surface area contributed by atoms with Crippen molar-refractivity contribution < 1.29 is 126 Å². The SMILES string of the molecule is CC(C)(C)OC(=O)CN1CCN(CC(=O)N[C@@H](CS(=O)(=O)O)C(=O)CCCNC(=O)OCc2ccccc2)CCN(CC(=O)OC(C)(C)C)CCN(CC(=O)OC(C)(C)C)CC1.CC(C)(C)OC(=O)CN1CCN(CC(=O)O)CCN(CC(=O)OC(C)(C)C)CCN(CC(=O)OC(C)(C)C)CC1.N[C@@H](CS(=O)(=O)O)C(=O)CCCNC(=O)OCc1ccccc1. The van der Waals surface area contributed by atoms with E-state index in [0.717, 1.165) is 11.1 Å². The molecular formula is C84H142N12O27S2. The number of carbonyl (C=O) groups is 12. The molecule has 712 valence electrons. The summed E-state index contributed by atoms with van der Waals surface area (Å²) in [5.41, 5.74) is 2.94. The van der Waals surface area contributed by atoms with Crippen LogP contribution in [0, 0.1) is 0 Å². The Morgan fingerprint density at radius 1 is 0.360 bits per heavy atom. The number of ketones is 2. The maximum absolute atomic E-state index is 13.6. The first-order chi connectivity index (χ1) is 57.6. The smallest absolute Gasteiger partial charge is 0.407 e. The number of ether oxygens (including phenoxy) is 8. The Kier molecular flexibility index (Phi) is 49.2. The molecule has 2 aromatic carbocycles. The largest absolute Gasteiger partial charge is 0.480 e. The molecule has 2 fully saturated rings. The molecule has 0 aliphatic carbocycles. The third-order valence-electron chi connectivity index (χ3n) is 17.3. The summed E-state index contributed by atoms with van der Waals surface area (Å²) in [7, 11) is -8.99. The molecule has 0 spiro atoms. The average molecular weight is 1820 g/mol. The van der Waals surface area contributed by atoms with Gasteiger partial charge >= 0.3 is 54.0 Å². The number of carboxylic acid groups (broad SMARTS) is 1. The van der Waals surface area contributed by atoms with Gasteiger partial charge < -0.3 is 64.7 Å². The molecule has 2 saturated heterocycles. The lowest BCUT2D eigenvalue weighted by Crippen LogP contribution is -2.52. The van der Waals surface area contributed by atoms with Crippen molar-refractivity contribution in [2.75, 3.05) is 182 Å². The second-order valence-corrected chi connectivity index (χ2v) is 39.5. The van der Waals surface area contributed by atoms with Crippen molar-refractivity contribution in [2.45, 2.75) is 209 Å². The number of carbonyl (C=O) groups excluding carboxylic acids is 11. The summed E-state index contributed by atoms with van der Waals surface area (Å²) in [6.45, 7) is 37.8. The number of aliphatic carboxylic acids is 1. The van der Waals surface area contributed by atoms with Crippen LogP contribution in [0.5, 0.6) is 0 Å². The second kappa shape index (κ2) is 54.7. The Hall–Kier alpha value is -8.46. The number of carboxylic acids is 1. The molecule has 39 nitrogen and oxygen atoms in total. The third-order valence-corrected chi connectivity index (χ3v) is 18.8. The molecule has 0 saturated carbocycles. The number of hydrogen-bond donors (Lipinski definition) is 7. The predicted octanol–water partition coefficient (Wildman–Crippen LogP) is 3.68. The molecule has 0 bridgehead atoms. The van der Waals surface area contributed by atoms with Crippen molar-refractivity contribution >= 4 is 91.7 Å². The Morgan fingerprint density at radius 3 is 0.824 bits per heavy atom. The fourth-order valence-corrected chi connectivity index (χ4v) is 13.3. The van der Waals surface area contributed by atoms with Crippen LogP contribution < -0.4 is 21.7 Å². The summed E-state index contributed by atoms with van der Waals surface area (Å²) in [5, 5.41) is 16.9. The van der Waals surface area contributed by atoms with Gasteiger partial charge in [-0.25, -0.2) is 9.59 Å². The number of amides is 3. The maximum Gasteiger partial charge on any atom is 0.407 e. The van der Waals surface area contributed by atoms with Gasteiger partial charge in [0.2, 0.25) is 5.91 Å². The van der Waals surface area contributed by atoms with Crippen molar-refractivity contribution in [3.63, 3.8) is 0 Å². The number of alkyl carbamates (subject to hydrolysis) is 2. The van der Waals surface area contributed by atoms with Gasteiger partial charge in [0.1, 0.15) is 58.6 Å². The molecule has 0 radical (unpaired) electrons. The first kappa shape index (κ1) is 113. The Morgan fingerprint density at radius 2 is 0.592 bits per heavy atom. The topological polar surface area (TPSA) is 496 Å². The molecule has 4 rings (SSSR count). The quantitative estimate of drug-likeness (QED) is 0.0224. The van der Waals surface area contributed by atoms with Gasteiger partial charge in [-0.05, 0) is 149 Å². The first-order valence-electron chi connectivity index (χ1n) is 41.8. The molecule has 8 N–H and O–H groups in total. The van der Waals surface area contributed by atoms with Crippen molar-refractivity contribution in [3.8, 4) is 0 Å². The number of hydrogen-bond acceptors (Lipinski definition) is 33. The number of benzene rings is 2. The molecule has 2 heterocycles. The molecule has 2 aromatic rings. The molecule has 2 atom stereocenters. The van der Waals surface area contributed by atoms with Crippen LogP contribution in [0.25, 0.3) is 0 Å². The predicted molar refractivity (Wildman–Crippen MR) is 465 cm³/mol. The van der Waals surface area contributed by atoms with Crippen molar-refractivity contribution in [1.29, 1.82) is 0 Å². The summed E-state index contributed by atoms with van der Waals surface area (Å²) in [4.78, 5) is 165. The molecule has 41 heteroatoms. The van der Waals surface area contributed by atoms with Gasteiger partial charge in [-0.15, -0.1) is 0 Å². The van der Waals surface area contributed by atoms with Crippen LogP contribution in [0.4, 0.5) is 9.59 Å². The summed E-state index contributed by atoms with van der Waals surface area (Å²) in [6.07, 6.45) is -1.16. The van der Waals surface area contributed by atoms with Crippen molar-refractivity contribution in [1.82, 2.24) is 55.1 Å². The van der Waals surface area contributed by atoms with Crippen LogP contribution in [-0.4, -0.2) is 369 Å². The highest BCUT2D eigenvalue weighted by molar-refractivity contribution is 7.86. The minimum atomic E-state index is -4.71. The highest BCUT2D eigenvalue weighted by Crippen LogP contribution is 2.17. The normalized spacial score (nSPS) is 16.3. The van der Waals surface area contributed by atoms with Crippen LogP contribution in [0.2, 0.25) is 0 Å². The van der Waals surface area contributed by atoms with E-state index in [4.69, 9.17) is 48.2 Å². The highest BCUT2D eigenvalue weighted by atomic mass is 32.2. The zero-order chi connectivity index (χ0) is 94.7. The van der Waals surface area contributed by atoms with E-state index in [9.17, 15) is 84.0 Å². The Labute approximate surface area is 738 Å². The van der Waals surface area contributed by atoms with Gasteiger partial charge in [-0.2, -0.15) is 16.8 Å². The summed E-state index contributed by atoms with van der Waals surface area (Å²) < 4.78 is 107.